The van der Waals surface area contributed by atoms with Crippen LogP contribution in [0.1, 0.15) is 18.4 Å². The molecule has 0 aromatic heterocycles. The van der Waals surface area contributed by atoms with Crippen molar-refractivity contribution in [3.63, 3.8) is 0 Å². The molecule has 2 aliphatic rings. The van der Waals surface area contributed by atoms with Crippen LogP contribution in [0.3, 0.4) is 0 Å². The van der Waals surface area contributed by atoms with Gasteiger partial charge in [0.1, 0.15) is 5.75 Å². The Kier molecular flexibility index (Phi) is 3.49. The Morgan fingerprint density at radius 2 is 2.25 bits per heavy atom. The number of amides is 1. The Morgan fingerprint density at radius 3 is 2.95 bits per heavy atom. The van der Waals surface area contributed by atoms with E-state index in [1.54, 1.807) is 7.11 Å². The average Bonchev–Trinajstić information content (AvgIpc) is 2.91. The van der Waals surface area contributed by atoms with Crippen LogP contribution in [0.15, 0.2) is 30.4 Å². The van der Waals surface area contributed by atoms with Crippen molar-refractivity contribution in [2.24, 2.45) is 11.7 Å². The molecule has 0 bridgehead atoms. The summed E-state index contributed by atoms with van der Waals surface area (Å²) in [5, 5.41) is 0. The van der Waals surface area contributed by atoms with Crippen LogP contribution in [0.5, 0.6) is 5.75 Å². The van der Waals surface area contributed by atoms with Gasteiger partial charge in [0.25, 0.3) is 0 Å². The maximum absolute atomic E-state index is 12.7. The first kappa shape index (κ1) is 13.2. The van der Waals surface area contributed by atoms with Gasteiger partial charge in [-0.1, -0.05) is 12.2 Å². The summed E-state index contributed by atoms with van der Waals surface area (Å²) in [6, 6.07) is 5.96. The average molecular weight is 272 g/mol. The highest BCUT2D eigenvalue weighted by Gasteiger charge is 2.30. The number of hydrogen-bond acceptors (Lipinski definition) is 3. The molecule has 1 aromatic carbocycles. The van der Waals surface area contributed by atoms with Gasteiger partial charge in [-0.3, -0.25) is 4.79 Å². The molecule has 2 atom stereocenters. The lowest BCUT2D eigenvalue weighted by Gasteiger charge is -2.31. The normalized spacial score (nSPS) is 24.6. The van der Waals surface area contributed by atoms with Gasteiger partial charge in [0.2, 0.25) is 5.91 Å². The topological polar surface area (TPSA) is 55.6 Å². The quantitative estimate of drug-likeness (QED) is 0.836. The summed E-state index contributed by atoms with van der Waals surface area (Å²) in [6.45, 7) is 0.789. The first-order chi connectivity index (χ1) is 9.69. The fourth-order valence-corrected chi connectivity index (χ4v) is 3.04. The predicted molar refractivity (Wildman–Crippen MR) is 78.9 cm³/mol. The van der Waals surface area contributed by atoms with Crippen LogP contribution >= 0.6 is 0 Å². The highest BCUT2D eigenvalue weighted by Crippen LogP contribution is 2.32. The predicted octanol–water partition coefficient (Wildman–Crippen LogP) is 1.88. The first-order valence-electron chi connectivity index (χ1n) is 7.11. The van der Waals surface area contributed by atoms with Gasteiger partial charge >= 0.3 is 0 Å². The molecule has 0 radical (unpaired) electrons. The second kappa shape index (κ2) is 5.29. The smallest absolute Gasteiger partial charge is 0.233 e. The first-order valence-corrected chi connectivity index (χ1v) is 7.11. The molecule has 3 rings (SSSR count). The highest BCUT2D eigenvalue weighted by atomic mass is 16.5. The zero-order valence-corrected chi connectivity index (χ0v) is 11.7. The largest absolute Gasteiger partial charge is 0.497 e. The Labute approximate surface area is 119 Å². The van der Waals surface area contributed by atoms with Crippen LogP contribution in [-0.4, -0.2) is 25.6 Å². The minimum atomic E-state index is -0.0712. The Balaban J connectivity index is 1.86. The molecule has 2 unspecified atom stereocenters. The standard InChI is InChI=1S/C16H20N2O2/c1-20-14-6-7-15-11(10-14)3-2-8-18(15)16(19)12-4-5-13(17)9-12/h4-7,10,12-13H,2-3,8-9,17H2,1H3. The summed E-state index contributed by atoms with van der Waals surface area (Å²) >= 11 is 0. The van der Waals surface area contributed by atoms with Crippen molar-refractivity contribution < 1.29 is 9.53 Å². The third-order valence-electron chi connectivity index (χ3n) is 4.11. The molecule has 20 heavy (non-hydrogen) atoms. The number of methoxy groups -OCH3 is 1. The summed E-state index contributed by atoms with van der Waals surface area (Å²) in [6.07, 6.45) is 6.60. The van der Waals surface area contributed by atoms with E-state index in [2.05, 4.69) is 0 Å². The molecule has 1 amide bonds. The lowest BCUT2D eigenvalue weighted by molar-refractivity contribution is -0.121. The van der Waals surface area contributed by atoms with Gasteiger partial charge in [-0.05, 0) is 43.0 Å². The van der Waals surface area contributed by atoms with E-state index < -0.39 is 0 Å². The molecule has 1 aliphatic carbocycles. The minimum Gasteiger partial charge on any atom is -0.497 e. The van der Waals surface area contributed by atoms with Crippen LogP contribution in [0.4, 0.5) is 5.69 Å². The van der Waals surface area contributed by atoms with Crippen LogP contribution in [0.2, 0.25) is 0 Å². The van der Waals surface area contributed by atoms with Gasteiger partial charge in [-0.15, -0.1) is 0 Å². The zero-order chi connectivity index (χ0) is 14.1. The lowest BCUT2D eigenvalue weighted by Crippen LogP contribution is -2.39. The molecule has 1 aromatic rings. The number of aryl methyl sites for hydroxylation is 1. The van der Waals surface area contributed by atoms with Gasteiger partial charge in [-0.2, -0.15) is 0 Å². The molecular weight excluding hydrogens is 252 g/mol. The summed E-state index contributed by atoms with van der Waals surface area (Å²) in [7, 11) is 1.66. The second-order valence-corrected chi connectivity index (χ2v) is 5.48. The van der Waals surface area contributed by atoms with E-state index in [0.717, 1.165) is 37.2 Å². The van der Waals surface area contributed by atoms with Crippen molar-refractivity contribution in [1.29, 1.82) is 0 Å². The molecule has 1 heterocycles. The summed E-state index contributed by atoms with van der Waals surface area (Å²) in [4.78, 5) is 14.6. The maximum atomic E-state index is 12.7. The molecule has 4 nitrogen and oxygen atoms in total. The van der Waals surface area contributed by atoms with Gasteiger partial charge in [0.15, 0.2) is 0 Å². The second-order valence-electron chi connectivity index (χ2n) is 5.48. The molecule has 0 spiro atoms. The molecule has 0 saturated heterocycles. The van der Waals surface area contributed by atoms with Gasteiger partial charge in [-0.25, -0.2) is 0 Å². The van der Waals surface area contributed by atoms with Gasteiger partial charge < -0.3 is 15.4 Å². The summed E-state index contributed by atoms with van der Waals surface area (Å²) in [5.74, 6) is 0.944. The number of carbonyl (C=O) groups is 1. The van der Waals surface area contributed by atoms with Gasteiger partial charge in [0.05, 0.1) is 13.0 Å². The molecule has 4 heteroatoms. The van der Waals surface area contributed by atoms with Crippen LogP contribution in [-0.2, 0) is 11.2 Å². The Bertz CT molecular complexity index is 553. The molecule has 2 N–H and O–H groups in total. The third kappa shape index (κ3) is 2.31. The van der Waals surface area contributed by atoms with Crippen molar-refractivity contribution >= 4 is 11.6 Å². The number of rotatable bonds is 2. The van der Waals surface area contributed by atoms with Crippen LogP contribution in [0.25, 0.3) is 0 Å². The number of nitrogens with zero attached hydrogens (tertiary/aromatic N) is 1. The van der Waals surface area contributed by atoms with E-state index in [1.807, 2.05) is 35.3 Å². The van der Waals surface area contributed by atoms with Gasteiger partial charge in [0, 0.05) is 18.3 Å². The van der Waals surface area contributed by atoms with E-state index in [9.17, 15) is 4.79 Å². The maximum Gasteiger partial charge on any atom is 0.233 e. The number of nitrogens with two attached hydrogens (primary N) is 1. The third-order valence-corrected chi connectivity index (χ3v) is 4.11. The van der Waals surface area contributed by atoms with E-state index >= 15 is 0 Å². The molecule has 0 fully saturated rings. The minimum absolute atomic E-state index is 0.0177. The fourth-order valence-electron chi connectivity index (χ4n) is 3.04. The molecule has 106 valence electrons. The van der Waals surface area contributed by atoms with Crippen molar-refractivity contribution in [2.75, 3.05) is 18.6 Å². The Hall–Kier alpha value is -1.81. The number of hydrogen-bond donors (Lipinski definition) is 1. The Morgan fingerprint density at radius 1 is 1.40 bits per heavy atom. The number of benzene rings is 1. The number of ether oxygens (including phenoxy) is 1. The monoisotopic (exact) mass is 272 g/mol. The molecular formula is C16H20N2O2. The van der Waals surface area contributed by atoms with E-state index in [-0.39, 0.29) is 17.9 Å². The van der Waals surface area contributed by atoms with Crippen LogP contribution in [0, 0.1) is 5.92 Å². The zero-order valence-electron chi connectivity index (χ0n) is 11.7. The van der Waals surface area contributed by atoms with Crippen molar-refractivity contribution in [1.82, 2.24) is 0 Å². The van der Waals surface area contributed by atoms with E-state index in [4.69, 9.17) is 10.5 Å². The van der Waals surface area contributed by atoms with E-state index in [0.29, 0.717) is 0 Å². The fraction of sp³-hybridized carbons (Fsp3) is 0.438. The summed E-state index contributed by atoms with van der Waals surface area (Å²) in [5.41, 5.74) is 8.06. The van der Waals surface area contributed by atoms with Crippen molar-refractivity contribution in [3.8, 4) is 5.75 Å². The number of fused-ring (bicyclic) bond motifs is 1. The summed E-state index contributed by atoms with van der Waals surface area (Å²) < 4.78 is 5.26. The molecule has 1 aliphatic heterocycles. The van der Waals surface area contributed by atoms with E-state index in [1.165, 1.54) is 5.56 Å². The van der Waals surface area contributed by atoms with Crippen molar-refractivity contribution in [3.05, 3.63) is 35.9 Å². The lowest BCUT2D eigenvalue weighted by atomic mass is 9.98. The highest BCUT2D eigenvalue weighted by molar-refractivity contribution is 5.97. The molecule has 0 saturated carbocycles. The van der Waals surface area contributed by atoms with Crippen molar-refractivity contribution in [2.45, 2.75) is 25.3 Å². The van der Waals surface area contributed by atoms with Crippen LogP contribution < -0.4 is 15.4 Å². The number of carbonyl (C=O) groups excluding carboxylic acids is 1. The SMILES string of the molecule is COc1ccc2c(c1)CCCN2C(=O)C1C=CC(N)C1. The number of anilines is 1.